The van der Waals surface area contributed by atoms with Crippen LogP contribution in [0, 0.1) is 0 Å². The maximum atomic E-state index is 12.5. The summed E-state index contributed by atoms with van der Waals surface area (Å²) >= 11 is 0. The van der Waals surface area contributed by atoms with Crippen LogP contribution >= 0.6 is 0 Å². The second-order valence-electron chi connectivity index (χ2n) is 6.00. The van der Waals surface area contributed by atoms with Crippen LogP contribution in [0.2, 0.25) is 0 Å². The summed E-state index contributed by atoms with van der Waals surface area (Å²) in [6, 6.07) is 9.86. The number of benzene rings is 2. The molecule has 2 aromatic rings. The molecule has 1 atom stereocenters. The van der Waals surface area contributed by atoms with Crippen molar-refractivity contribution in [2.24, 2.45) is 0 Å². The molecule has 0 fully saturated rings. The molecule has 0 aliphatic heterocycles. The van der Waals surface area contributed by atoms with Gasteiger partial charge in [-0.15, -0.1) is 0 Å². The monoisotopic (exact) mass is 425 g/mol. The van der Waals surface area contributed by atoms with E-state index in [1.54, 1.807) is 0 Å². The summed E-state index contributed by atoms with van der Waals surface area (Å²) in [4.78, 5) is 34.8. The van der Waals surface area contributed by atoms with Gasteiger partial charge < -0.3 is 10.1 Å². The van der Waals surface area contributed by atoms with Gasteiger partial charge in [0.25, 0.3) is 5.91 Å². The molecule has 0 aromatic heterocycles. The van der Waals surface area contributed by atoms with Crippen molar-refractivity contribution in [3.05, 3.63) is 59.7 Å². The van der Waals surface area contributed by atoms with Crippen molar-refractivity contribution in [2.45, 2.75) is 30.6 Å². The van der Waals surface area contributed by atoms with E-state index in [2.05, 4.69) is 5.32 Å². The van der Waals surface area contributed by atoms with Gasteiger partial charge in [-0.1, -0.05) is 0 Å². The molecule has 0 saturated heterocycles. The van der Waals surface area contributed by atoms with Crippen molar-refractivity contribution >= 4 is 33.2 Å². The van der Waals surface area contributed by atoms with Gasteiger partial charge in [-0.05, 0) is 62.4 Å². The summed E-state index contributed by atoms with van der Waals surface area (Å²) in [6.07, 6.45) is -1.19. The number of halogens is 2. The number of amides is 1. The average molecular weight is 425 g/mol. The van der Waals surface area contributed by atoms with E-state index in [0.29, 0.717) is 11.3 Å². The van der Waals surface area contributed by atoms with Gasteiger partial charge in [-0.25, -0.2) is 13.2 Å². The van der Waals surface area contributed by atoms with E-state index < -0.39 is 38.5 Å². The van der Waals surface area contributed by atoms with Crippen LogP contribution in [0.25, 0.3) is 0 Å². The number of hydrogen-bond donors (Lipinski definition) is 1. The van der Waals surface area contributed by atoms with Crippen LogP contribution in [-0.4, -0.2) is 37.9 Å². The second-order valence-corrected chi connectivity index (χ2v) is 7.92. The average Bonchev–Trinajstić information content (AvgIpc) is 2.68. The Morgan fingerprint density at radius 3 is 1.93 bits per heavy atom. The van der Waals surface area contributed by atoms with Gasteiger partial charge in [0.2, 0.25) is 9.84 Å². The molecular formula is C19H17F2NO6S. The molecule has 1 unspecified atom stereocenters. The summed E-state index contributed by atoms with van der Waals surface area (Å²) in [5, 5.41) is 2.52. The Bertz CT molecular complexity index is 1020. The second kappa shape index (κ2) is 8.91. The van der Waals surface area contributed by atoms with E-state index in [1.165, 1.54) is 38.1 Å². The quantitative estimate of drug-likeness (QED) is 0.540. The summed E-state index contributed by atoms with van der Waals surface area (Å²) in [5.74, 6) is -5.27. The normalized spacial score (nSPS) is 12.3. The first kappa shape index (κ1) is 22.2. The van der Waals surface area contributed by atoms with E-state index >= 15 is 0 Å². The number of nitrogens with one attached hydrogen (secondary N) is 1. The number of carbonyl (C=O) groups is 3. The highest BCUT2D eigenvalue weighted by molar-refractivity contribution is 7.91. The van der Waals surface area contributed by atoms with Crippen LogP contribution in [0.15, 0.2) is 53.4 Å². The zero-order valence-electron chi connectivity index (χ0n) is 15.4. The Morgan fingerprint density at radius 1 is 0.931 bits per heavy atom. The molecule has 29 heavy (non-hydrogen) atoms. The van der Waals surface area contributed by atoms with Gasteiger partial charge >= 0.3 is 11.7 Å². The molecule has 0 aliphatic rings. The van der Waals surface area contributed by atoms with Gasteiger partial charge in [-0.2, -0.15) is 8.78 Å². The van der Waals surface area contributed by atoms with Gasteiger partial charge in [0.15, 0.2) is 11.9 Å². The standard InChI is InChI=1S/C19H17F2NO6S/c1-11(23)13-3-7-15(8-4-13)22-17(24)12(2)28-18(25)14-5-9-16(10-6-14)29(26,27)19(20)21/h3-10,12,19H,1-2H3,(H,22,24). The summed E-state index contributed by atoms with van der Waals surface area (Å²) in [7, 11) is -4.77. The molecule has 0 spiro atoms. The minimum absolute atomic E-state index is 0.108. The molecule has 0 heterocycles. The zero-order valence-corrected chi connectivity index (χ0v) is 16.2. The first-order valence-corrected chi connectivity index (χ1v) is 9.82. The lowest BCUT2D eigenvalue weighted by atomic mass is 10.1. The van der Waals surface area contributed by atoms with E-state index in [1.807, 2.05) is 0 Å². The highest BCUT2D eigenvalue weighted by Gasteiger charge is 2.27. The first-order valence-electron chi connectivity index (χ1n) is 8.27. The smallest absolute Gasteiger partial charge is 0.341 e. The molecule has 2 rings (SSSR count). The van der Waals surface area contributed by atoms with Crippen LogP contribution in [0.3, 0.4) is 0 Å². The summed E-state index contributed by atoms with van der Waals surface area (Å²) < 4.78 is 52.8. The Hall–Kier alpha value is -3.14. The Labute approximate surface area is 165 Å². The van der Waals surface area contributed by atoms with Crippen LogP contribution in [-0.2, 0) is 19.4 Å². The van der Waals surface area contributed by atoms with E-state index in [4.69, 9.17) is 4.74 Å². The van der Waals surface area contributed by atoms with Crippen molar-refractivity contribution in [3.63, 3.8) is 0 Å². The van der Waals surface area contributed by atoms with Crippen LogP contribution in [0.4, 0.5) is 14.5 Å². The molecule has 7 nitrogen and oxygen atoms in total. The Morgan fingerprint density at radius 2 is 1.45 bits per heavy atom. The molecule has 154 valence electrons. The van der Waals surface area contributed by atoms with Gasteiger partial charge in [0.05, 0.1) is 10.5 Å². The number of alkyl halides is 2. The van der Waals surface area contributed by atoms with Gasteiger partial charge in [-0.3, -0.25) is 9.59 Å². The lowest BCUT2D eigenvalue weighted by molar-refractivity contribution is -0.123. The maximum absolute atomic E-state index is 12.5. The molecule has 0 aliphatic carbocycles. The van der Waals surface area contributed by atoms with Crippen molar-refractivity contribution in [1.82, 2.24) is 0 Å². The highest BCUT2D eigenvalue weighted by atomic mass is 32.2. The summed E-state index contributed by atoms with van der Waals surface area (Å²) in [5.41, 5.74) is 0.757. The predicted octanol–water partition coefficient (Wildman–Crippen LogP) is 3.07. The molecule has 1 amide bonds. The minimum Gasteiger partial charge on any atom is -0.449 e. The number of esters is 1. The molecule has 1 N–H and O–H groups in total. The third-order valence-corrected chi connectivity index (χ3v) is 5.26. The fourth-order valence-corrected chi connectivity index (χ4v) is 2.92. The topological polar surface area (TPSA) is 107 Å². The number of sulfone groups is 1. The third kappa shape index (κ3) is 5.44. The van der Waals surface area contributed by atoms with E-state index in [9.17, 15) is 31.6 Å². The molecule has 2 aromatic carbocycles. The number of ketones is 1. The number of rotatable bonds is 7. The number of Topliss-reactive ketones (excluding diaryl/α,β-unsaturated/α-hetero) is 1. The fourth-order valence-electron chi connectivity index (χ4n) is 2.20. The van der Waals surface area contributed by atoms with Crippen molar-refractivity contribution in [1.29, 1.82) is 0 Å². The number of ether oxygens (including phenoxy) is 1. The van der Waals surface area contributed by atoms with Gasteiger partial charge in [0, 0.05) is 11.3 Å². The van der Waals surface area contributed by atoms with Gasteiger partial charge in [0.1, 0.15) is 0 Å². The van der Waals surface area contributed by atoms with Crippen molar-refractivity contribution < 1.29 is 36.3 Å². The van der Waals surface area contributed by atoms with Crippen LogP contribution in [0.1, 0.15) is 34.6 Å². The largest absolute Gasteiger partial charge is 0.449 e. The van der Waals surface area contributed by atoms with Crippen molar-refractivity contribution in [3.8, 4) is 0 Å². The van der Waals surface area contributed by atoms with Crippen LogP contribution < -0.4 is 5.32 Å². The third-order valence-electron chi connectivity index (χ3n) is 3.87. The minimum atomic E-state index is -4.77. The lowest BCUT2D eigenvalue weighted by Gasteiger charge is -2.14. The number of carbonyl (C=O) groups excluding carboxylic acids is 3. The highest BCUT2D eigenvalue weighted by Crippen LogP contribution is 2.19. The number of hydrogen-bond acceptors (Lipinski definition) is 6. The Balaban J connectivity index is 2.00. The lowest BCUT2D eigenvalue weighted by Crippen LogP contribution is -2.30. The fraction of sp³-hybridized carbons (Fsp3) is 0.211. The molecule has 0 radical (unpaired) electrons. The molecule has 0 saturated carbocycles. The Kier molecular flexibility index (Phi) is 6.80. The van der Waals surface area contributed by atoms with E-state index in [-0.39, 0.29) is 11.3 Å². The van der Waals surface area contributed by atoms with Crippen LogP contribution in [0.5, 0.6) is 0 Å². The SMILES string of the molecule is CC(=O)c1ccc(NC(=O)C(C)OC(=O)c2ccc(S(=O)(=O)C(F)F)cc2)cc1. The number of anilines is 1. The molecule has 10 heteroatoms. The molecule has 0 bridgehead atoms. The van der Waals surface area contributed by atoms with E-state index in [0.717, 1.165) is 24.3 Å². The maximum Gasteiger partial charge on any atom is 0.341 e. The predicted molar refractivity (Wildman–Crippen MR) is 99.6 cm³/mol. The first-order chi connectivity index (χ1) is 13.5. The summed E-state index contributed by atoms with van der Waals surface area (Å²) in [6.45, 7) is 2.73. The zero-order chi connectivity index (χ0) is 21.8. The molecular weight excluding hydrogens is 408 g/mol. The van der Waals surface area contributed by atoms with Crippen molar-refractivity contribution in [2.75, 3.05) is 5.32 Å².